The van der Waals surface area contributed by atoms with E-state index in [1.807, 2.05) is 0 Å². The Hall–Kier alpha value is -0.380. The number of hydrogen-bond donors (Lipinski definition) is 1. The number of carbonyl (C=O) groups is 1. The molecule has 1 saturated carbocycles. The van der Waals surface area contributed by atoms with Crippen LogP contribution in [0, 0.1) is 5.92 Å². The summed E-state index contributed by atoms with van der Waals surface area (Å²) in [5.41, 5.74) is 0. The number of carboxylic acids is 1. The highest BCUT2D eigenvalue weighted by atomic mass is 32.2. The van der Waals surface area contributed by atoms with Crippen LogP contribution >= 0.6 is 0 Å². The molecule has 1 aliphatic rings. The fourth-order valence-electron chi connectivity index (χ4n) is 1.09. The molecule has 3 nitrogen and oxygen atoms in total. The van der Waals surface area contributed by atoms with Crippen LogP contribution in [0.25, 0.3) is 0 Å². The minimum absolute atomic E-state index is 0.284. The standard InChI is InChI=1S/C8H14O3S/c1-6(8(9)10)5-12(11)7-3-2-4-7/h6-7H,2-5H2,1H3,(H,9,10). The lowest BCUT2D eigenvalue weighted by Crippen LogP contribution is -2.29. The molecule has 1 rings (SSSR count). The van der Waals surface area contributed by atoms with Crippen molar-refractivity contribution >= 4 is 16.8 Å². The quantitative estimate of drug-likeness (QED) is 0.719. The summed E-state index contributed by atoms with van der Waals surface area (Å²) < 4.78 is 11.4. The lowest BCUT2D eigenvalue weighted by Gasteiger charge is -2.25. The maximum absolute atomic E-state index is 11.4. The molecule has 1 aliphatic carbocycles. The molecule has 70 valence electrons. The van der Waals surface area contributed by atoms with Gasteiger partial charge in [0.05, 0.1) is 5.92 Å². The van der Waals surface area contributed by atoms with Crippen LogP contribution < -0.4 is 0 Å². The maximum Gasteiger partial charge on any atom is 0.307 e. The third-order valence-electron chi connectivity index (χ3n) is 2.26. The van der Waals surface area contributed by atoms with E-state index in [0.717, 1.165) is 19.3 Å². The number of rotatable bonds is 4. The molecule has 1 fully saturated rings. The lowest BCUT2D eigenvalue weighted by atomic mass is 10.00. The molecule has 0 aromatic rings. The van der Waals surface area contributed by atoms with Crippen molar-refractivity contribution in [2.24, 2.45) is 5.92 Å². The van der Waals surface area contributed by atoms with Crippen LogP contribution in [0.15, 0.2) is 0 Å². The average Bonchev–Trinajstić information content (AvgIpc) is 1.82. The second kappa shape index (κ2) is 4.03. The summed E-state index contributed by atoms with van der Waals surface area (Å²) in [5, 5.41) is 8.85. The van der Waals surface area contributed by atoms with Crippen molar-refractivity contribution in [3.63, 3.8) is 0 Å². The minimum atomic E-state index is -0.909. The molecule has 0 heterocycles. The van der Waals surface area contributed by atoms with Gasteiger partial charge in [-0.2, -0.15) is 0 Å². The highest BCUT2D eigenvalue weighted by molar-refractivity contribution is 7.85. The van der Waals surface area contributed by atoms with E-state index in [2.05, 4.69) is 0 Å². The minimum Gasteiger partial charge on any atom is -0.481 e. The molecule has 0 radical (unpaired) electrons. The molecule has 0 amide bonds. The van der Waals surface area contributed by atoms with E-state index in [1.165, 1.54) is 0 Å². The number of aliphatic carboxylic acids is 1. The van der Waals surface area contributed by atoms with Crippen molar-refractivity contribution in [1.29, 1.82) is 0 Å². The number of carboxylic acid groups (broad SMARTS) is 1. The summed E-state index contributed by atoms with van der Waals surface area (Å²) in [5.74, 6) is -0.992. The first-order valence-corrected chi connectivity index (χ1v) is 5.59. The Morgan fingerprint density at radius 2 is 2.25 bits per heavy atom. The van der Waals surface area contributed by atoms with E-state index in [-0.39, 0.29) is 5.25 Å². The Kier molecular flexibility index (Phi) is 3.26. The molecule has 12 heavy (non-hydrogen) atoms. The van der Waals surface area contributed by atoms with Gasteiger partial charge in [0.15, 0.2) is 0 Å². The molecule has 2 atom stereocenters. The fraction of sp³-hybridized carbons (Fsp3) is 0.875. The van der Waals surface area contributed by atoms with E-state index in [1.54, 1.807) is 6.92 Å². The van der Waals surface area contributed by atoms with Crippen LogP contribution in [0.1, 0.15) is 26.2 Å². The zero-order valence-corrected chi connectivity index (χ0v) is 7.97. The third kappa shape index (κ3) is 2.30. The molecule has 0 bridgehead atoms. The first-order valence-electron chi connectivity index (χ1n) is 4.21. The van der Waals surface area contributed by atoms with Crippen molar-refractivity contribution in [3.8, 4) is 0 Å². The van der Waals surface area contributed by atoms with E-state index in [9.17, 15) is 9.00 Å². The van der Waals surface area contributed by atoms with Gasteiger partial charge in [0.1, 0.15) is 0 Å². The van der Waals surface area contributed by atoms with Crippen molar-refractivity contribution in [1.82, 2.24) is 0 Å². The van der Waals surface area contributed by atoms with Crippen LogP contribution in [0.2, 0.25) is 0 Å². The molecule has 0 aromatic heterocycles. The summed E-state index contributed by atoms with van der Waals surface area (Å²) >= 11 is 0. The van der Waals surface area contributed by atoms with Crippen LogP contribution in [-0.4, -0.2) is 26.3 Å². The van der Waals surface area contributed by atoms with Gasteiger partial charge in [-0.25, -0.2) is 0 Å². The highest BCUT2D eigenvalue weighted by Crippen LogP contribution is 2.25. The van der Waals surface area contributed by atoms with Crippen LogP contribution in [0.3, 0.4) is 0 Å². The van der Waals surface area contributed by atoms with E-state index in [4.69, 9.17) is 5.11 Å². The van der Waals surface area contributed by atoms with Gasteiger partial charge in [0.2, 0.25) is 0 Å². The van der Waals surface area contributed by atoms with E-state index in [0.29, 0.717) is 5.75 Å². The zero-order valence-electron chi connectivity index (χ0n) is 7.16. The predicted octanol–water partition coefficient (Wildman–Crippen LogP) is 1.01. The molecule has 0 aliphatic heterocycles. The topological polar surface area (TPSA) is 54.4 Å². The Morgan fingerprint density at radius 1 is 1.67 bits per heavy atom. The van der Waals surface area contributed by atoms with E-state index >= 15 is 0 Å². The zero-order chi connectivity index (χ0) is 9.14. The van der Waals surface area contributed by atoms with Gasteiger partial charge in [-0.15, -0.1) is 0 Å². The SMILES string of the molecule is CC(CS(=O)C1CCC1)C(=O)O. The van der Waals surface area contributed by atoms with Crippen LogP contribution in [0.4, 0.5) is 0 Å². The summed E-state index contributed by atoms with van der Waals surface area (Å²) in [6, 6.07) is 0. The summed E-state index contributed by atoms with van der Waals surface area (Å²) in [6.45, 7) is 1.61. The molecule has 4 heteroatoms. The highest BCUT2D eigenvalue weighted by Gasteiger charge is 2.26. The smallest absolute Gasteiger partial charge is 0.307 e. The van der Waals surface area contributed by atoms with Crippen molar-refractivity contribution in [3.05, 3.63) is 0 Å². The Labute approximate surface area is 74.6 Å². The Morgan fingerprint density at radius 3 is 2.58 bits per heavy atom. The molecule has 0 aromatic carbocycles. The average molecular weight is 190 g/mol. The van der Waals surface area contributed by atoms with Crippen molar-refractivity contribution in [2.45, 2.75) is 31.4 Å². The van der Waals surface area contributed by atoms with Gasteiger partial charge in [0.25, 0.3) is 0 Å². The van der Waals surface area contributed by atoms with Gasteiger partial charge < -0.3 is 5.11 Å². The van der Waals surface area contributed by atoms with Gasteiger partial charge in [0, 0.05) is 21.8 Å². The normalized spacial score (nSPS) is 22.8. The molecule has 1 N–H and O–H groups in total. The van der Waals surface area contributed by atoms with Crippen LogP contribution in [0.5, 0.6) is 0 Å². The first kappa shape index (κ1) is 9.71. The first-order chi connectivity index (χ1) is 5.61. The summed E-state index contributed by atoms with van der Waals surface area (Å²) in [6.07, 6.45) is 3.18. The molecular weight excluding hydrogens is 176 g/mol. The van der Waals surface area contributed by atoms with Crippen LogP contribution in [-0.2, 0) is 15.6 Å². The van der Waals surface area contributed by atoms with Gasteiger partial charge in [-0.3, -0.25) is 9.00 Å². The molecule has 0 spiro atoms. The Balaban J connectivity index is 2.29. The predicted molar refractivity (Wildman–Crippen MR) is 47.4 cm³/mol. The second-order valence-electron chi connectivity index (χ2n) is 3.34. The van der Waals surface area contributed by atoms with Gasteiger partial charge in [-0.1, -0.05) is 13.3 Å². The van der Waals surface area contributed by atoms with Crippen molar-refractivity contribution < 1.29 is 14.1 Å². The molecule has 0 saturated heterocycles. The number of hydrogen-bond acceptors (Lipinski definition) is 2. The fourth-order valence-corrected chi connectivity index (χ4v) is 2.85. The van der Waals surface area contributed by atoms with Gasteiger partial charge in [-0.05, 0) is 12.8 Å². The lowest BCUT2D eigenvalue weighted by molar-refractivity contribution is -0.140. The maximum atomic E-state index is 11.4. The van der Waals surface area contributed by atoms with Gasteiger partial charge >= 0.3 is 5.97 Å². The Bertz CT molecular complexity index is 198. The van der Waals surface area contributed by atoms with Crippen molar-refractivity contribution in [2.75, 3.05) is 5.75 Å². The third-order valence-corrected chi connectivity index (χ3v) is 4.30. The summed E-state index contributed by atoms with van der Waals surface area (Å²) in [4.78, 5) is 10.4. The summed E-state index contributed by atoms with van der Waals surface area (Å²) in [7, 11) is -0.909. The molecule has 2 unspecified atom stereocenters. The second-order valence-corrected chi connectivity index (χ2v) is 5.10. The largest absolute Gasteiger partial charge is 0.481 e. The monoisotopic (exact) mass is 190 g/mol. The van der Waals surface area contributed by atoms with E-state index < -0.39 is 22.7 Å². The molecular formula is C8H14O3S.